The van der Waals surface area contributed by atoms with Crippen molar-refractivity contribution in [3.05, 3.63) is 114 Å². The zero-order valence-corrected chi connectivity index (χ0v) is 22.7. The van der Waals surface area contributed by atoms with Crippen molar-refractivity contribution in [1.29, 1.82) is 0 Å². The van der Waals surface area contributed by atoms with Crippen molar-refractivity contribution in [2.24, 2.45) is 0 Å². The maximum absolute atomic E-state index is 12.9. The third kappa shape index (κ3) is 5.73. The Hall–Kier alpha value is -4.91. The number of aromatic nitrogens is 2. The number of carbonyl (C=O) groups is 2. The van der Waals surface area contributed by atoms with E-state index in [2.05, 4.69) is 16.8 Å². The van der Waals surface area contributed by atoms with E-state index in [0.29, 0.717) is 17.8 Å². The van der Waals surface area contributed by atoms with Crippen molar-refractivity contribution in [2.75, 3.05) is 17.3 Å². The highest BCUT2D eigenvalue weighted by molar-refractivity contribution is 6.02. The summed E-state index contributed by atoms with van der Waals surface area (Å²) in [4.78, 5) is 31.1. The SMILES string of the molecule is CCCCc1nc2ccc(NC(=O)N(C)c3ccccc3)cc2n1Cc1ccc(-c2ccccc2C(=O)O)cc1. The van der Waals surface area contributed by atoms with Crippen molar-refractivity contribution >= 4 is 34.4 Å². The van der Waals surface area contributed by atoms with Crippen LogP contribution in [0, 0.1) is 0 Å². The summed E-state index contributed by atoms with van der Waals surface area (Å²) < 4.78 is 2.21. The van der Waals surface area contributed by atoms with Gasteiger partial charge in [-0.05, 0) is 59.5 Å². The maximum atomic E-state index is 12.9. The number of rotatable bonds is 9. The second-order valence-corrected chi connectivity index (χ2v) is 9.79. The Kier molecular flexibility index (Phi) is 7.92. The number of nitrogens with zero attached hydrogens (tertiary/aromatic N) is 3. The molecule has 0 unspecified atom stereocenters. The summed E-state index contributed by atoms with van der Waals surface area (Å²) in [5.74, 6) is 0.0602. The number of unbranched alkanes of at least 4 members (excludes halogenated alkanes) is 1. The molecule has 0 atom stereocenters. The Morgan fingerprint density at radius 3 is 2.38 bits per heavy atom. The molecule has 0 saturated heterocycles. The number of nitrogens with one attached hydrogen (secondary N) is 1. The monoisotopic (exact) mass is 532 g/mol. The Bertz CT molecular complexity index is 1640. The minimum atomic E-state index is -0.942. The van der Waals surface area contributed by atoms with E-state index in [9.17, 15) is 14.7 Å². The molecule has 0 aliphatic carbocycles. The fourth-order valence-corrected chi connectivity index (χ4v) is 4.82. The van der Waals surface area contributed by atoms with Crippen molar-refractivity contribution in [2.45, 2.75) is 32.7 Å². The van der Waals surface area contributed by atoms with Gasteiger partial charge in [0.25, 0.3) is 0 Å². The molecule has 0 saturated carbocycles. The second-order valence-electron chi connectivity index (χ2n) is 9.79. The average molecular weight is 533 g/mol. The number of urea groups is 1. The smallest absolute Gasteiger partial charge is 0.336 e. The molecule has 40 heavy (non-hydrogen) atoms. The second kappa shape index (κ2) is 11.9. The number of benzene rings is 4. The van der Waals surface area contributed by atoms with E-state index in [4.69, 9.17) is 4.98 Å². The van der Waals surface area contributed by atoms with Gasteiger partial charge in [0.2, 0.25) is 0 Å². The van der Waals surface area contributed by atoms with E-state index in [1.165, 1.54) is 0 Å². The maximum Gasteiger partial charge on any atom is 0.336 e. The average Bonchev–Trinajstić information content (AvgIpc) is 3.32. The van der Waals surface area contributed by atoms with Crippen LogP contribution in [0.3, 0.4) is 0 Å². The zero-order chi connectivity index (χ0) is 28.1. The number of para-hydroxylation sites is 1. The lowest BCUT2D eigenvalue weighted by Crippen LogP contribution is -2.31. The Balaban J connectivity index is 1.43. The van der Waals surface area contributed by atoms with Crippen LogP contribution < -0.4 is 10.2 Å². The van der Waals surface area contributed by atoms with Crippen LogP contribution in [0.1, 0.15) is 41.5 Å². The molecule has 2 N–H and O–H groups in total. The fourth-order valence-electron chi connectivity index (χ4n) is 4.82. The molecule has 202 valence electrons. The van der Waals surface area contributed by atoms with Gasteiger partial charge < -0.3 is 15.0 Å². The number of anilines is 2. The summed E-state index contributed by atoms with van der Waals surface area (Å²) in [6.45, 7) is 2.77. The number of aromatic carboxylic acids is 1. The van der Waals surface area contributed by atoms with Gasteiger partial charge in [-0.25, -0.2) is 14.6 Å². The summed E-state index contributed by atoms with van der Waals surface area (Å²) in [6, 6.07) is 30.1. The Morgan fingerprint density at radius 2 is 1.65 bits per heavy atom. The van der Waals surface area contributed by atoms with Crippen molar-refractivity contribution in [1.82, 2.24) is 9.55 Å². The Labute approximate surface area is 233 Å². The number of carbonyl (C=O) groups excluding carboxylic acids is 1. The van der Waals surface area contributed by atoms with Gasteiger partial charge >= 0.3 is 12.0 Å². The van der Waals surface area contributed by atoms with E-state index in [1.54, 1.807) is 24.1 Å². The highest BCUT2D eigenvalue weighted by Gasteiger charge is 2.16. The minimum Gasteiger partial charge on any atom is -0.478 e. The van der Waals surface area contributed by atoms with E-state index in [1.807, 2.05) is 84.9 Å². The van der Waals surface area contributed by atoms with E-state index >= 15 is 0 Å². The lowest BCUT2D eigenvalue weighted by atomic mass is 9.99. The zero-order valence-electron chi connectivity index (χ0n) is 22.7. The van der Waals surface area contributed by atoms with Crippen molar-refractivity contribution in [3.8, 4) is 11.1 Å². The van der Waals surface area contributed by atoms with E-state index in [0.717, 1.165) is 52.9 Å². The predicted molar refractivity (Wildman–Crippen MR) is 160 cm³/mol. The van der Waals surface area contributed by atoms with Gasteiger partial charge in [0.05, 0.1) is 16.6 Å². The first kappa shape index (κ1) is 26.7. The van der Waals surface area contributed by atoms with Crippen molar-refractivity contribution in [3.63, 3.8) is 0 Å². The number of fused-ring (bicyclic) bond motifs is 1. The number of imidazole rings is 1. The van der Waals surface area contributed by atoms with Gasteiger partial charge in [-0.1, -0.05) is 74.0 Å². The van der Waals surface area contributed by atoms with Gasteiger partial charge in [0.15, 0.2) is 0 Å². The standard InChI is InChI=1S/C33H32N4O3/c1-3-4-14-31-35-29-20-19-25(34-33(40)36(2)26-10-6-5-7-11-26)21-30(29)37(31)22-23-15-17-24(18-16-23)27-12-8-9-13-28(27)32(38)39/h5-13,15-21H,3-4,14,22H2,1-2H3,(H,34,40)(H,38,39). The van der Waals surface area contributed by atoms with Gasteiger partial charge in [-0.2, -0.15) is 0 Å². The number of carboxylic acid groups (broad SMARTS) is 1. The van der Waals surface area contributed by atoms with E-state index in [-0.39, 0.29) is 11.6 Å². The lowest BCUT2D eigenvalue weighted by Gasteiger charge is -2.18. The van der Waals surface area contributed by atoms with Gasteiger partial charge in [0.1, 0.15) is 5.82 Å². The first-order chi connectivity index (χ1) is 19.4. The third-order valence-corrected chi connectivity index (χ3v) is 7.04. The number of carboxylic acids is 1. The number of amides is 2. The molecule has 0 aliphatic heterocycles. The molecule has 1 aromatic heterocycles. The minimum absolute atomic E-state index is 0.222. The number of aryl methyl sites for hydroxylation is 1. The van der Waals surface area contributed by atoms with Crippen LogP contribution in [0.2, 0.25) is 0 Å². The molecule has 0 fully saturated rings. The highest BCUT2D eigenvalue weighted by atomic mass is 16.4. The molecule has 7 nitrogen and oxygen atoms in total. The van der Waals surface area contributed by atoms with Crippen LogP contribution in [0.15, 0.2) is 97.1 Å². The Morgan fingerprint density at radius 1 is 0.925 bits per heavy atom. The number of hydrogen-bond acceptors (Lipinski definition) is 3. The van der Waals surface area contributed by atoms with Crippen LogP contribution in [-0.4, -0.2) is 33.7 Å². The molecular formula is C33H32N4O3. The summed E-state index contributed by atoms with van der Waals surface area (Å²) in [6.07, 6.45) is 2.95. The lowest BCUT2D eigenvalue weighted by molar-refractivity contribution is 0.0697. The summed E-state index contributed by atoms with van der Waals surface area (Å²) in [5.41, 5.74) is 6.25. The van der Waals surface area contributed by atoms with E-state index < -0.39 is 5.97 Å². The molecule has 0 aliphatic rings. The summed E-state index contributed by atoms with van der Waals surface area (Å²) in [7, 11) is 1.74. The van der Waals surface area contributed by atoms with Crippen LogP contribution in [0.4, 0.5) is 16.2 Å². The number of hydrogen-bond donors (Lipinski definition) is 2. The molecule has 2 amide bonds. The van der Waals surface area contributed by atoms with Gasteiger partial charge in [-0.3, -0.25) is 4.90 Å². The summed E-state index contributed by atoms with van der Waals surface area (Å²) in [5, 5.41) is 12.6. The highest BCUT2D eigenvalue weighted by Crippen LogP contribution is 2.27. The van der Waals surface area contributed by atoms with Gasteiger partial charge in [0, 0.05) is 31.4 Å². The summed E-state index contributed by atoms with van der Waals surface area (Å²) >= 11 is 0. The van der Waals surface area contributed by atoms with Crippen LogP contribution in [0.5, 0.6) is 0 Å². The topological polar surface area (TPSA) is 87.5 Å². The van der Waals surface area contributed by atoms with Crippen LogP contribution >= 0.6 is 0 Å². The molecule has 7 heteroatoms. The molecule has 0 bridgehead atoms. The first-order valence-electron chi connectivity index (χ1n) is 13.4. The van der Waals surface area contributed by atoms with Crippen molar-refractivity contribution < 1.29 is 14.7 Å². The molecule has 5 aromatic rings. The largest absolute Gasteiger partial charge is 0.478 e. The molecule has 4 aromatic carbocycles. The molecular weight excluding hydrogens is 500 g/mol. The molecule has 1 heterocycles. The third-order valence-electron chi connectivity index (χ3n) is 7.04. The normalized spacial score (nSPS) is 10.9. The van der Waals surface area contributed by atoms with Crippen LogP contribution in [-0.2, 0) is 13.0 Å². The molecule has 0 radical (unpaired) electrons. The predicted octanol–water partition coefficient (Wildman–Crippen LogP) is 7.46. The molecule has 0 spiro atoms. The quantitative estimate of drug-likeness (QED) is 0.206. The van der Waals surface area contributed by atoms with Crippen LogP contribution in [0.25, 0.3) is 22.2 Å². The fraction of sp³-hybridized carbons (Fsp3) is 0.182. The molecule has 5 rings (SSSR count). The first-order valence-corrected chi connectivity index (χ1v) is 13.4. The van der Waals surface area contributed by atoms with Gasteiger partial charge in [-0.15, -0.1) is 0 Å².